The van der Waals surface area contributed by atoms with Crippen LogP contribution in [-0.4, -0.2) is 22.9 Å². The number of hydrogen-bond donors (Lipinski definition) is 1. The average Bonchev–Trinajstić information content (AvgIpc) is 2.90. The molecule has 0 amide bonds. The van der Waals surface area contributed by atoms with Crippen molar-refractivity contribution in [2.75, 3.05) is 13.2 Å². The third-order valence-corrected chi connectivity index (χ3v) is 3.52. The van der Waals surface area contributed by atoms with Crippen LogP contribution in [0, 0.1) is 0 Å². The number of aryl methyl sites for hydroxylation is 2. The molecule has 0 aliphatic rings. The van der Waals surface area contributed by atoms with Gasteiger partial charge in [0.15, 0.2) is 0 Å². The molecule has 1 N–H and O–H groups in total. The summed E-state index contributed by atoms with van der Waals surface area (Å²) in [7, 11) is 1.96. The predicted molar refractivity (Wildman–Crippen MR) is 85.6 cm³/mol. The smallest absolute Gasteiger partial charge is 0.119 e. The van der Waals surface area contributed by atoms with E-state index in [-0.39, 0.29) is 0 Å². The molecule has 0 aliphatic carbocycles. The van der Waals surface area contributed by atoms with Crippen LogP contribution in [0.2, 0.25) is 0 Å². The molecule has 1 heterocycles. The van der Waals surface area contributed by atoms with Gasteiger partial charge in [-0.1, -0.05) is 19.1 Å². The van der Waals surface area contributed by atoms with Gasteiger partial charge in [-0.25, -0.2) is 0 Å². The van der Waals surface area contributed by atoms with Crippen molar-refractivity contribution in [3.63, 3.8) is 0 Å². The molecule has 0 saturated heterocycles. The molecule has 21 heavy (non-hydrogen) atoms. The number of hydrogen-bond acceptors (Lipinski definition) is 3. The fraction of sp³-hybridized carbons (Fsp3) is 0.471. The number of aromatic nitrogens is 2. The normalized spacial score (nSPS) is 12.3. The maximum Gasteiger partial charge on any atom is 0.119 e. The lowest BCUT2D eigenvalue weighted by molar-refractivity contribution is 0.340. The summed E-state index contributed by atoms with van der Waals surface area (Å²) in [6.45, 7) is 5.82. The van der Waals surface area contributed by atoms with Crippen molar-refractivity contribution in [1.29, 1.82) is 0 Å². The van der Waals surface area contributed by atoms with Crippen molar-refractivity contribution >= 4 is 0 Å². The second kappa shape index (κ2) is 7.84. The molecule has 0 bridgehead atoms. The van der Waals surface area contributed by atoms with Gasteiger partial charge < -0.3 is 10.1 Å². The van der Waals surface area contributed by atoms with Crippen LogP contribution in [0.15, 0.2) is 36.7 Å². The van der Waals surface area contributed by atoms with E-state index in [4.69, 9.17) is 4.74 Å². The first-order chi connectivity index (χ1) is 10.2. The molecule has 0 fully saturated rings. The van der Waals surface area contributed by atoms with Gasteiger partial charge in [-0.05, 0) is 49.6 Å². The van der Waals surface area contributed by atoms with Gasteiger partial charge in [0.1, 0.15) is 5.75 Å². The Balaban J connectivity index is 2.00. The Labute approximate surface area is 127 Å². The molecule has 1 unspecified atom stereocenters. The minimum Gasteiger partial charge on any atom is -0.494 e. The van der Waals surface area contributed by atoms with Crippen molar-refractivity contribution in [3.8, 4) is 5.75 Å². The summed E-state index contributed by atoms with van der Waals surface area (Å²) in [5, 5.41) is 7.78. The molecule has 0 aliphatic heterocycles. The second-order valence-electron chi connectivity index (χ2n) is 5.17. The number of ether oxygens (including phenoxy) is 1. The van der Waals surface area contributed by atoms with Crippen molar-refractivity contribution in [1.82, 2.24) is 15.1 Å². The highest BCUT2D eigenvalue weighted by Crippen LogP contribution is 2.22. The molecule has 1 atom stereocenters. The number of nitrogens with one attached hydrogen (secondary N) is 1. The molecule has 4 nitrogen and oxygen atoms in total. The van der Waals surface area contributed by atoms with E-state index in [2.05, 4.69) is 35.7 Å². The van der Waals surface area contributed by atoms with Gasteiger partial charge in [-0.15, -0.1) is 0 Å². The highest BCUT2D eigenvalue weighted by molar-refractivity contribution is 5.29. The predicted octanol–water partition coefficient (Wildman–Crippen LogP) is 3.10. The minimum atomic E-state index is 0.367. The molecule has 1 aromatic carbocycles. The van der Waals surface area contributed by atoms with Crippen molar-refractivity contribution < 1.29 is 4.74 Å². The third kappa shape index (κ3) is 4.60. The van der Waals surface area contributed by atoms with Gasteiger partial charge in [0, 0.05) is 19.3 Å². The van der Waals surface area contributed by atoms with Gasteiger partial charge in [0.05, 0.1) is 12.8 Å². The zero-order valence-corrected chi connectivity index (χ0v) is 13.2. The molecule has 1 aromatic heterocycles. The van der Waals surface area contributed by atoms with Crippen LogP contribution in [0.3, 0.4) is 0 Å². The van der Waals surface area contributed by atoms with E-state index >= 15 is 0 Å². The summed E-state index contributed by atoms with van der Waals surface area (Å²) in [6.07, 6.45) is 6.12. The van der Waals surface area contributed by atoms with E-state index in [9.17, 15) is 0 Å². The molecule has 4 heteroatoms. The van der Waals surface area contributed by atoms with E-state index in [1.807, 2.05) is 37.0 Å². The van der Waals surface area contributed by atoms with Crippen LogP contribution < -0.4 is 10.1 Å². The lowest BCUT2D eigenvalue weighted by Crippen LogP contribution is -2.21. The van der Waals surface area contributed by atoms with Crippen LogP contribution >= 0.6 is 0 Å². The van der Waals surface area contributed by atoms with Gasteiger partial charge in [0.25, 0.3) is 0 Å². The molecule has 2 rings (SSSR count). The van der Waals surface area contributed by atoms with Crippen LogP contribution in [-0.2, 0) is 13.5 Å². The van der Waals surface area contributed by atoms with Gasteiger partial charge in [-0.3, -0.25) is 4.68 Å². The summed E-state index contributed by atoms with van der Waals surface area (Å²) in [6, 6.07) is 8.77. The summed E-state index contributed by atoms with van der Waals surface area (Å²) in [5.74, 6) is 0.934. The van der Waals surface area contributed by atoms with Gasteiger partial charge in [0.2, 0.25) is 0 Å². The average molecular weight is 287 g/mol. The monoisotopic (exact) mass is 287 g/mol. The summed E-state index contributed by atoms with van der Waals surface area (Å²) in [4.78, 5) is 0. The molecule has 114 valence electrons. The Kier molecular flexibility index (Phi) is 5.81. The second-order valence-corrected chi connectivity index (χ2v) is 5.17. The van der Waals surface area contributed by atoms with Crippen molar-refractivity contribution in [2.45, 2.75) is 32.7 Å². The van der Waals surface area contributed by atoms with E-state index in [0.29, 0.717) is 12.6 Å². The molecule has 0 radical (unpaired) electrons. The Morgan fingerprint density at radius 2 is 2.00 bits per heavy atom. The number of benzene rings is 1. The highest BCUT2D eigenvalue weighted by Gasteiger charge is 2.11. The number of rotatable bonds is 8. The zero-order chi connectivity index (χ0) is 15.1. The molecule has 2 aromatic rings. The van der Waals surface area contributed by atoms with Crippen LogP contribution in [0.5, 0.6) is 5.75 Å². The first-order valence-corrected chi connectivity index (χ1v) is 7.66. The fourth-order valence-corrected chi connectivity index (χ4v) is 2.51. The van der Waals surface area contributed by atoms with Gasteiger partial charge >= 0.3 is 0 Å². The largest absolute Gasteiger partial charge is 0.494 e. The van der Waals surface area contributed by atoms with E-state index in [1.165, 1.54) is 11.1 Å². The van der Waals surface area contributed by atoms with Gasteiger partial charge in [-0.2, -0.15) is 5.10 Å². The Bertz CT molecular complexity index is 533. The third-order valence-electron chi connectivity index (χ3n) is 3.52. The maximum atomic E-state index is 5.50. The standard InChI is InChI=1S/C17H25N3O/c1-4-18-17(11-6-14-12-19-20(3)13-14)15-7-9-16(10-8-15)21-5-2/h7-10,12-13,17-18H,4-6,11H2,1-3H3. The lowest BCUT2D eigenvalue weighted by Gasteiger charge is -2.18. The van der Waals surface area contributed by atoms with Crippen molar-refractivity contribution in [3.05, 3.63) is 47.8 Å². The first-order valence-electron chi connectivity index (χ1n) is 7.66. The van der Waals surface area contributed by atoms with Crippen LogP contribution in [0.1, 0.15) is 37.4 Å². The zero-order valence-electron chi connectivity index (χ0n) is 13.2. The first kappa shape index (κ1) is 15.6. The minimum absolute atomic E-state index is 0.367. The molecular formula is C17H25N3O. The molecule has 0 saturated carbocycles. The maximum absolute atomic E-state index is 5.50. The van der Waals surface area contributed by atoms with E-state index < -0.39 is 0 Å². The quantitative estimate of drug-likeness (QED) is 0.811. The molecular weight excluding hydrogens is 262 g/mol. The van der Waals surface area contributed by atoms with Crippen LogP contribution in [0.4, 0.5) is 0 Å². The SMILES string of the molecule is CCNC(CCc1cnn(C)c1)c1ccc(OCC)cc1. The van der Waals surface area contributed by atoms with Crippen molar-refractivity contribution in [2.24, 2.45) is 7.05 Å². The Morgan fingerprint density at radius 1 is 1.24 bits per heavy atom. The Hall–Kier alpha value is -1.81. The van der Waals surface area contributed by atoms with E-state index in [1.54, 1.807) is 0 Å². The summed E-state index contributed by atoms with van der Waals surface area (Å²) >= 11 is 0. The lowest BCUT2D eigenvalue weighted by atomic mass is 10.00. The molecule has 0 spiro atoms. The summed E-state index contributed by atoms with van der Waals surface area (Å²) in [5.41, 5.74) is 2.59. The highest BCUT2D eigenvalue weighted by atomic mass is 16.5. The summed E-state index contributed by atoms with van der Waals surface area (Å²) < 4.78 is 7.36. The fourth-order valence-electron chi connectivity index (χ4n) is 2.51. The topological polar surface area (TPSA) is 39.1 Å². The number of nitrogens with zero attached hydrogens (tertiary/aromatic N) is 2. The Morgan fingerprint density at radius 3 is 2.57 bits per heavy atom. The van der Waals surface area contributed by atoms with Crippen LogP contribution in [0.25, 0.3) is 0 Å². The van der Waals surface area contributed by atoms with E-state index in [0.717, 1.165) is 25.1 Å².